The smallest absolute Gasteiger partial charge is 0.0733 e. The van der Waals surface area contributed by atoms with Gasteiger partial charge in [0.1, 0.15) is 0 Å². The Balaban J connectivity index is 0.000000298. The Kier molecular flexibility index (Phi) is 16.8. The minimum atomic E-state index is 0. The summed E-state index contributed by atoms with van der Waals surface area (Å²) < 4.78 is 1.42. The number of hydrogen-bond acceptors (Lipinski definition) is 0. The minimum absolute atomic E-state index is 0. The predicted octanol–water partition coefficient (Wildman–Crippen LogP) is 8.03. The first-order chi connectivity index (χ1) is 24.4. The van der Waals surface area contributed by atoms with Crippen LogP contribution in [0.5, 0.6) is 0 Å². The quantitative estimate of drug-likeness (QED) is 0.162. The molecule has 0 spiro atoms. The van der Waals surface area contributed by atoms with Gasteiger partial charge in [0.05, 0.1) is 0 Å². The zero-order valence-electron chi connectivity index (χ0n) is 36.7. The molecule has 0 bridgehead atoms. The van der Waals surface area contributed by atoms with Crippen LogP contribution in [0.4, 0.5) is 0 Å². The van der Waals surface area contributed by atoms with Crippen LogP contribution in [0.2, 0.25) is 0 Å². The Bertz CT molecular complexity index is 1840. The standard InChI is InChI=1S/C21H25.C21H26.C10H15.2ClH.Zr/c1-20(2,3)16-9-7-14-11-15-8-10-17(21(4,5)6)13-19(15)18(14)12-16;1-20(2,3)18-11-7-16(8-12-18)15-17-9-13-19(14-10-17)21(4,5)6;1-7(2)10-6-8(3)5-9(10)4;;;/h7,9-10,12-13H,11H2,1-6H3;7-14H,1-6H3;6-8H,1-4H3;2*1H;/q-1;;-1;;;+2/p-2. The van der Waals surface area contributed by atoms with E-state index in [0.717, 1.165) is 6.42 Å². The number of benzene rings is 4. The molecular formula is C52H66Cl2Zr-2. The van der Waals surface area contributed by atoms with Crippen molar-refractivity contribution in [1.82, 2.24) is 0 Å². The van der Waals surface area contributed by atoms with Crippen LogP contribution in [0, 0.1) is 24.0 Å². The molecule has 0 fully saturated rings. The van der Waals surface area contributed by atoms with Crippen LogP contribution in [0.25, 0.3) is 11.1 Å². The molecule has 0 N–H and O–H groups in total. The largest absolute Gasteiger partial charge is 1.00 e. The van der Waals surface area contributed by atoms with Crippen molar-refractivity contribution in [2.75, 3.05) is 0 Å². The van der Waals surface area contributed by atoms with Crippen LogP contribution in [0.15, 0.2) is 96.1 Å². The maximum Gasteiger partial charge on any atom is -0.0733 e. The molecular weight excluding hydrogens is 787 g/mol. The molecule has 1 unspecified atom stereocenters. The fourth-order valence-electron chi connectivity index (χ4n) is 6.91. The van der Waals surface area contributed by atoms with Crippen LogP contribution in [0.1, 0.15) is 155 Å². The molecule has 2 aliphatic carbocycles. The summed E-state index contributed by atoms with van der Waals surface area (Å²) in [5.41, 5.74) is 17.5. The summed E-state index contributed by atoms with van der Waals surface area (Å²) in [5.74, 6) is 1.20. The molecule has 0 radical (unpaired) electrons. The van der Waals surface area contributed by atoms with Gasteiger partial charge in [0.2, 0.25) is 0 Å². The van der Waals surface area contributed by atoms with E-state index in [0.29, 0.717) is 11.8 Å². The third-order valence-electron chi connectivity index (χ3n) is 10.5. The van der Waals surface area contributed by atoms with Crippen molar-refractivity contribution in [3.8, 4) is 11.1 Å². The number of halogens is 2. The van der Waals surface area contributed by atoms with Crippen molar-refractivity contribution in [2.24, 2.45) is 11.8 Å². The van der Waals surface area contributed by atoms with Crippen molar-refractivity contribution in [1.29, 1.82) is 0 Å². The first kappa shape index (κ1) is 48.8. The molecule has 0 heterocycles. The number of rotatable bonds is 3. The summed E-state index contributed by atoms with van der Waals surface area (Å²) in [5, 5.41) is 0. The second kappa shape index (κ2) is 19.0. The molecule has 0 saturated heterocycles. The third kappa shape index (κ3) is 12.8. The van der Waals surface area contributed by atoms with Crippen LogP contribution in [0.3, 0.4) is 0 Å². The molecule has 0 nitrogen and oxygen atoms in total. The number of hydrogen-bond donors (Lipinski definition) is 0. The molecule has 4 aromatic rings. The monoisotopic (exact) mass is 850 g/mol. The van der Waals surface area contributed by atoms with Gasteiger partial charge in [-0.3, -0.25) is 6.08 Å². The molecule has 0 aliphatic heterocycles. The van der Waals surface area contributed by atoms with E-state index >= 15 is 0 Å². The Morgan fingerprint density at radius 3 is 1.40 bits per heavy atom. The first-order valence-electron chi connectivity index (χ1n) is 19.7. The molecule has 3 heteroatoms. The molecule has 294 valence electrons. The summed E-state index contributed by atoms with van der Waals surface area (Å²) in [7, 11) is 0. The van der Waals surface area contributed by atoms with Gasteiger partial charge in [-0.05, 0) is 17.4 Å². The van der Waals surface area contributed by atoms with Crippen LogP contribution in [-0.2, 0) is 52.3 Å². The third-order valence-corrected chi connectivity index (χ3v) is 12.0. The van der Waals surface area contributed by atoms with Gasteiger partial charge in [0.25, 0.3) is 0 Å². The van der Waals surface area contributed by atoms with Gasteiger partial charge in [0.15, 0.2) is 0 Å². The van der Waals surface area contributed by atoms with Crippen molar-refractivity contribution in [3.63, 3.8) is 0 Å². The van der Waals surface area contributed by atoms with Crippen molar-refractivity contribution in [3.05, 3.63) is 153 Å². The number of allylic oxidation sites excluding steroid dienone is 4. The van der Waals surface area contributed by atoms with Gasteiger partial charge in [-0.15, -0.1) is 5.56 Å². The van der Waals surface area contributed by atoms with Gasteiger partial charge in [-0.1, -0.05) is 116 Å². The van der Waals surface area contributed by atoms with Crippen LogP contribution >= 0.6 is 0 Å². The molecule has 2 aliphatic rings. The fraction of sp³-hybridized carbons (Fsp3) is 0.442. The summed E-state index contributed by atoms with van der Waals surface area (Å²) in [6.07, 6.45) is 6.71. The summed E-state index contributed by atoms with van der Waals surface area (Å²) >= 11 is 1.46. The summed E-state index contributed by atoms with van der Waals surface area (Å²) in [6, 6.07) is 33.2. The predicted molar refractivity (Wildman–Crippen MR) is 229 cm³/mol. The average Bonchev–Trinajstić information content (AvgIpc) is 3.61. The van der Waals surface area contributed by atoms with Crippen LogP contribution in [-0.4, -0.2) is 3.21 Å². The first-order valence-corrected chi connectivity index (χ1v) is 20.9. The maximum atomic E-state index is 3.53. The van der Waals surface area contributed by atoms with Gasteiger partial charge < -0.3 is 24.8 Å². The molecule has 0 aromatic heterocycles. The Morgan fingerprint density at radius 2 is 1.04 bits per heavy atom. The van der Waals surface area contributed by atoms with E-state index in [1.54, 1.807) is 0 Å². The summed E-state index contributed by atoms with van der Waals surface area (Å²) in [6.45, 7) is 36.0. The van der Waals surface area contributed by atoms with Gasteiger partial charge in [-0.25, -0.2) is 5.57 Å². The fourth-order valence-corrected chi connectivity index (χ4v) is 7.73. The maximum absolute atomic E-state index is 3.53. The molecule has 6 rings (SSSR count). The van der Waals surface area contributed by atoms with E-state index in [1.807, 2.05) is 0 Å². The van der Waals surface area contributed by atoms with E-state index in [4.69, 9.17) is 0 Å². The molecule has 1 atom stereocenters. The molecule has 0 amide bonds. The van der Waals surface area contributed by atoms with E-state index < -0.39 is 0 Å². The van der Waals surface area contributed by atoms with Gasteiger partial charge in [0, 0.05) is 0 Å². The van der Waals surface area contributed by atoms with E-state index in [2.05, 4.69) is 208 Å². The molecule has 55 heavy (non-hydrogen) atoms. The van der Waals surface area contributed by atoms with Gasteiger partial charge >= 0.3 is 151 Å². The van der Waals surface area contributed by atoms with E-state index in [9.17, 15) is 0 Å². The normalized spacial score (nSPS) is 14.9. The van der Waals surface area contributed by atoms with Crippen molar-refractivity contribution < 1.29 is 49.0 Å². The van der Waals surface area contributed by atoms with Crippen molar-refractivity contribution in [2.45, 2.75) is 139 Å². The average molecular weight is 853 g/mol. The molecule has 4 aromatic carbocycles. The van der Waals surface area contributed by atoms with Crippen molar-refractivity contribution >= 4 is 3.21 Å². The zero-order chi connectivity index (χ0) is 39.7. The second-order valence-electron chi connectivity index (χ2n) is 19.7. The number of fused-ring (bicyclic) bond motifs is 3. The Hall–Kier alpha value is -2.31. The summed E-state index contributed by atoms with van der Waals surface area (Å²) in [4.78, 5) is 0. The SMILES string of the molecule is CC(C)(C)c1c[c-]c2c(c1)-c1cc(C(C)(C)C)ccc1C2.CC(C)(C)c1ccc([C](=[Zr+2])c2ccc(C(C)(C)C)cc2)cc1.CC1=[C-]C(C)C=C1C(C)C.[Cl-].[Cl-]. The second-order valence-corrected chi connectivity index (χ2v) is 20.9. The molecule has 0 saturated carbocycles. The van der Waals surface area contributed by atoms with Gasteiger partial charge in [-0.2, -0.15) is 41.0 Å². The Morgan fingerprint density at radius 1 is 0.618 bits per heavy atom. The minimum Gasteiger partial charge on any atom is -1.00 e. The van der Waals surface area contributed by atoms with E-state index in [-0.39, 0.29) is 46.5 Å². The topological polar surface area (TPSA) is 0 Å². The Labute approximate surface area is 364 Å². The zero-order valence-corrected chi connectivity index (χ0v) is 40.7. The van der Waals surface area contributed by atoms with E-state index in [1.165, 1.54) is 94.2 Å². The van der Waals surface area contributed by atoms with Crippen LogP contribution < -0.4 is 24.8 Å².